The zero-order valence-electron chi connectivity index (χ0n) is 9.75. The van der Waals surface area contributed by atoms with E-state index in [1.54, 1.807) is 19.4 Å². The second kappa shape index (κ2) is 4.03. The summed E-state index contributed by atoms with van der Waals surface area (Å²) in [5.74, 6) is 1.70. The van der Waals surface area contributed by atoms with Crippen LogP contribution in [0.5, 0.6) is 5.75 Å². The Labute approximate surface area is 103 Å². The maximum absolute atomic E-state index is 5.57. The van der Waals surface area contributed by atoms with E-state index in [0.29, 0.717) is 11.6 Å². The molecule has 0 aliphatic rings. The van der Waals surface area contributed by atoms with E-state index in [1.807, 2.05) is 24.3 Å². The van der Waals surface area contributed by atoms with Crippen LogP contribution < -0.4 is 10.5 Å². The molecule has 0 radical (unpaired) electrons. The third kappa shape index (κ3) is 1.57. The van der Waals surface area contributed by atoms with Gasteiger partial charge >= 0.3 is 0 Å². The summed E-state index contributed by atoms with van der Waals surface area (Å²) in [6, 6.07) is 9.27. The molecule has 5 heteroatoms. The number of rotatable bonds is 2. The van der Waals surface area contributed by atoms with Crippen LogP contribution in [0, 0.1) is 0 Å². The number of pyridine rings is 1. The van der Waals surface area contributed by atoms with E-state index in [-0.39, 0.29) is 0 Å². The van der Waals surface area contributed by atoms with Gasteiger partial charge in [-0.05, 0) is 18.2 Å². The van der Waals surface area contributed by atoms with Gasteiger partial charge in [0, 0.05) is 23.2 Å². The second-order valence-corrected chi connectivity index (χ2v) is 3.83. The number of nitrogen functional groups attached to an aromatic ring is 1. The van der Waals surface area contributed by atoms with E-state index in [4.69, 9.17) is 15.0 Å². The van der Waals surface area contributed by atoms with Crippen LogP contribution in [0.4, 0.5) is 5.82 Å². The number of nitrogens with zero attached hydrogens (tertiary/aromatic N) is 2. The van der Waals surface area contributed by atoms with Crippen molar-refractivity contribution in [3.63, 3.8) is 0 Å². The minimum atomic E-state index is 0.359. The summed E-state index contributed by atoms with van der Waals surface area (Å²) in [5, 5.41) is 4.63. The number of methoxy groups -OCH3 is 1. The highest BCUT2D eigenvalue weighted by atomic mass is 16.5. The van der Waals surface area contributed by atoms with Crippen LogP contribution in [0.3, 0.4) is 0 Å². The minimum Gasteiger partial charge on any atom is -0.494 e. The van der Waals surface area contributed by atoms with E-state index >= 15 is 0 Å². The van der Waals surface area contributed by atoms with Crippen molar-refractivity contribution >= 4 is 16.7 Å². The lowest BCUT2D eigenvalue weighted by Crippen LogP contribution is -1.89. The quantitative estimate of drug-likeness (QED) is 0.746. The highest BCUT2D eigenvalue weighted by molar-refractivity contribution is 5.96. The van der Waals surface area contributed by atoms with Crippen molar-refractivity contribution in [1.29, 1.82) is 0 Å². The van der Waals surface area contributed by atoms with E-state index in [0.717, 1.165) is 22.2 Å². The molecular formula is C13H11N3O2. The van der Waals surface area contributed by atoms with Crippen molar-refractivity contribution in [3.05, 3.63) is 36.5 Å². The number of aromatic nitrogens is 2. The molecule has 0 aliphatic carbocycles. The Bertz CT molecular complexity index is 706. The summed E-state index contributed by atoms with van der Waals surface area (Å²) in [7, 11) is 1.62. The third-order valence-corrected chi connectivity index (χ3v) is 2.75. The van der Waals surface area contributed by atoms with Gasteiger partial charge in [-0.25, -0.2) is 0 Å². The van der Waals surface area contributed by atoms with Gasteiger partial charge in [-0.3, -0.25) is 4.98 Å². The first-order valence-corrected chi connectivity index (χ1v) is 5.44. The van der Waals surface area contributed by atoms with Gasteiger partial charge in [0.2, 0.25) is 0 Å². The standard InChI is InChI=1S/C13H11N3O2/c1-17-10-5-4-8(11-7-12(14)16-18-11)9-3-2-6-15-13(9)10/h2-7H,1H3,(H2,14,16). The van der Waals surface area contributed by atoms with Gasteiger partial charge in [0.15, 0.2) is 11.6 Å². The maximum atomic E-state index is 5.57. The first-order chi connectivity index (χ1) is 8.79. The number of fused-ring (bicyclic) bond motifs is 1. The molecule has 0 saturated heterocycles. The molecule has 5 nitrogen and oxygen atoms in total. The Morgan fingerprint density at radius 1 is 1.28 bits per heavy atom. The number of ether oxygens (including phenoxy) is 1. The van der Waals surface area contributed by atoms with Crippen LogP contribution in [0.1, 0.15) is 0 Å². The topological polar surface area (TPSA) is 74.2 Å². The van der Waals surface area contributed by atoms with Gasteiger partial charge in [-0.2, -0.15) is 0 Å². The molecule has 90 valence electrons. The van der Waals surface area contributed by atoms with Crippen LogP contribution in [-0.2, 0) is 0 Å². The lowest BCUT2D eigenvalue weighted by Gasteiger charge is -2.07. The smallest absolute Gasteiger partial charge is 0.169 e. The van der Waals surface area contributed by atoms with Gasteiger partial charge in [-0.1, -0.05) is 11.2 Å². The molecule has 0 bridgehead atoms. The first kappa shape index (κ1) is 10.6. The van der Waals surface area contributed by atoms with Crippen molar-refractivity contribution in [2.24, 2.45) is 0 Å². The van der Waals surface area contributed by atoms with Crippen molar-refractivity contribution in [2.45, 2.75) is 0 Å². The average molecular weight is 241 g/mol. The largest absolute Gasteiger partial charge is 0.494 e. The molecule has 0 amide bonds. The highest BCUT2D eigenvalue weighted by Gasteiger charge is 2.12. The lowest BCUT2D eigenvalue weighted by molar-refractivity contribution is 0.418. The third-order valence-electron chi connectivity index (χ3n) is 2.75. The van der Waals surface area contributed by atoms with Gasteiger partial charge in [0.1, 0.15) is 11.3 Å². The van der Waals surface area contributed by atoms with E-state index in [1.165, 1.54) is 0 Å². The fourth-order valence-electron chi connectivity index (χ4n) is 1.94. The van der Waals surface area contributed by atoms with Crippen molar-refractivity contribution in [2.75, 3.05) is 12.8 Å². The van der Waals surface area contributed by atoms with Gasteiger partial charge in [-0.15, -0.1) is 0 Å². The van der Waals surface area contributed by atoms with Crippen LogP contribution in [0.2, 0.25) is 0 Å². The summed E-state index contributed by atoms with van der Waals surface area (Å²) in [6.07, 6.45) is 1.73. The highest BCUT2D eigenvalue weighted by Crippen LogP contribution is 2.33. The Morgan fingerprint density at radius 2 is 2.17 bits per heavy atom. The number of hydrogen-bond acceptors (Lipinski definition) is 5. The monoisotopic (exact) mass is 241 g/mol. The van der Waals surface area contributed by atoms with Crippen LogP contribution in [-0.4, -0.2) is 17.3 Å². The lowest BCUT2D eigenvalue weighted by atomic mass is 10.1. The molecule has 2 aromatic heterocycles. The predicted octanol–water partition coefficient (Wildman–Crippen LogP) is 2.48. The van der Waals surface area contributed by atoms with Crippen molar-refractivity contribution in [1.82, 2.24) is 10.1 Å². The van der Waals surface area contributed by atoms with Gasteiger partial charge in [0.25, 0.3) is 0 Å². The molecule has 0 saturated carbocycles. The van der Waals surface area contributed by atoms with Crippen LogP contribution >= 0.6 is 0 Å². The Morgan fingerprint density at radius 3 is 2.89 bits per heavy atom. The number of hydrogen-bond donors (Lipinski definition) is 1. The van der Waals surface area contributed by atoms with E-state index < -0.39 is 0 Å². The molecule has 0 unspecified atom stereocenters. The van der Waals surface area contributed by atoms with Crippen LogP contribution in [0.25, 0.3) is 22.2 Å². The molecule has 0 fully saturated rings. The molecule has 2 N–H and O–H groups in total. The van der Waals surface area contributed by atoms with Gasteiger partial charge in [0.05, 0.1) is 7.11 Å². The second-order valence-electron chi connectivity index (χ2n) is 3.83. The Balaban J connectivity index is 2.31. The summed E-state index contributed by atoms with van der Waals surface area (Å²) < 4.78 is 10.5. The fraction of sp³-hybridized carbons (Fsp3) is 0.0769. The van der Waals surface area contributed by atoms with E-state index in [2.05, 4.69) is 10.1 Å². The normalized spacial score (nSPS) is 10.7. The molecular weight excluding hydrogens is 230 g/mol. The minimum absolute atomic E-state index is 0.359. The summed E-state index contributed by atoms with van der Waals surface area (Å²) in [6.45, 7) is 0. The molecule has 0 aliphatic heterocycles. The molecule has 0 spiro atoms. The Kier molecular flexibility index (Phi) is 2.37. The Hall–Kier alpha value is -2.56. The maximum Gasteiger partial charge on any atom is 0.169 e. The van der Waals surface area contributed by atoms with Crippen molar-refractivity contribution < 1.29 is 9.26 Å². The molecule has 3 aromatic rings. The summed E-state index contributed by atoms with van der Waals surface area (Å²) in [4.78, 5) is 4.33. The van der Waals surface area contributed by atoms with Crippen LogP contribution in [0.15, 0.2) is 41.1 Å². The summed E-state index contributed by atoms with van der Waals surface area (Å²) in [5.41, 5.74) is 7.25. The van der Waals surface area contributed by atoms with Crippen molar-refractivity contribution in [3.8, 4) is 17.1 Å². The molecule has 18 heavy (non-hydrogen) atoms. The number of benzene rings is 1. The first-order valence-electron chi connectivity index (χ1n) is 5.44. The van der Waals surface area contributed by atoms with Gasteiger partial charge < -0.3 is 15.0 Å². The van der Waals surface area contributed by atoms with E-state index in [9.17, 15) is 0 Å². The molecule has 0 atom stereocenters. The zero-order valence-corrected chi connectivity index (χ0v) is 9.75. The average Bonchev–Trinajstić information content (AvgIpc) is 2.84. The zero-order chi connectivity index (χ0) is 12.5. The molecule has 2 heterocycles. The summed E-state index contributed by atoms with van der Waals surface area (Å²) >= 11 is 0. The SMILES string of the molecule is COc1ccc(-c2cc(N)no2)c2cccnc12. The number of nitrogens with two attached hydrogens (primary N) is 1. The molecule has 1 aromatic carbocycles. The fourth-order valence-corrected chi connectivity index (χ4v) is 1.94. The number of anilines is 1. The predicted molar refractivity (Wildman–Crippen MR) is 68.2 cm³/mol. The molecule has 3 rings (SSSR count).